The molecule has 3 nitrogen and oxygen atoms in total. The lowest BCUT2D eigenvalue weighted by molar-refractivity contribution is 0.492. The number of hydrogen-bond acceptors (Lipinski definition) is 2. The zero-order valence-corrected chi connectivity index (χ0v) is 10.2. The summed E-state index contributed by atoms with van der Waals surface area (Å²) in [5.41, 5.74) is 6.42. The molecule has 1 atom stereocenters. The SMILES string of the molecule is CC(CC1CC1)n1c(N)nc2c(F)cc(F)cc21. The Kier molecular flexibility index (Phi) is 2.50. The second kappa shape index (κ2) is 3.93. The first-order valence-electron chi connectivity index (χ1n) is 6.18. The van der Waals surface area contributed by atoms with Crippen molar-refractivity contribution >= 4 is 17.0 Å². The molecule has 96 valence electrons. The van der Waals surface area contributed by atoms with Gasteiger partial charge in [0, 0.05) is 18.2 Å². The number of nitrogens with two attached hydrogens (primary N) is 1. The molecular formula is C13H15F2N3. The van der Waals surface area contributed by atoms with Crippen LogP contribution in [0.25, 0.3) is 11.0 Å². The van der Waals surface area contributed by atoms with Crippen molar-refractivity contribution in [3.8, 4) is 0 Å². The van der Waals surface area contributed by atoms with Crippen molar-refractivity contribution in [3.63, 3.8) is 0 Å². The van der Waals surface area contributed by atoms with Gasteiger partial charge in [-0.3, -0.25) is 0 Å². The number of imidazole rings is 1. The fraction of sp³-hybridized carbons (Fsp3) is 0.462. The number of fused-ring (bicyclic) bond motifs is 1. The van der Waals surface area contributed by atoms with Crippen LogP contribution in [0.4, 0.5) is 14.7 Å². The molecule has 0 aliphatic heterocycles. The average molecular weight is 251 g/mol. The summed E-state index contributed by atoms with van der Waals surface area (Å²) in [6.07, 6.45) is 3.45. The summed E-state index contributed by atoms with van der Waals surface area (Å²) in [6, 6.07) is 2.25. The van der Waals surface area contributed by atoms with Crippen molar-refractivity contribution in [3.05, 3.63) is 23.8 Å². The van der Waals surface area contributed by atoms with Crippen LogP contribution in [0.3, 0.4) is 0 Å². The van der Waals surface area contributed by atoms with Crippen LogP contribution < -0.4 is 5.73 Å². The summed E-state index contributed by atoms with van der Waals surface area (Å²) in [5, 5.41) is 0. The number of nitrogens with zero attached hydrogens (tertiary/aromatic N) is 2. The molecule has 3 rings (SSSR count). The maximum Gasteiger partial charge on any atom is 0.201 e. The molecular weight excluding hydrogens is 236 g/mol. The Bertz CT molecular complexity index is 602. The molecule has 0 amide bonds. The summed E-state index contributed by atoms with van der Waals surface area (Å²) in [4.78, 5) is 4.00. The van der Waals surface area contributed by atoms with E-state index in [2.05, 4.69) is 4.98 Å². The molecule has 5 heteroatoms. The largest absolute Gasteiger partial charge is 0.369 e. The first-order chi connectivity index (χ1) is 8.56. The van der Waals surface area contributed by atoms with Crippen LogP contribution >= 0.6 is 0 Å². The number of anilines is 1. The molecule has 1 aliphatic rings. The van der Waals surface area contributed by atoms with Crippen LogP contribution in [0.1, 0.15) is 32.2 Å². The molecule has 1 aromatic carbocycles. The van der Waals surface area contributed by atoms with Crippen LogP contribution in [0.5, 0.6) is 0 Å². The van der Waals surface area contributed by atoms with Crippen LogP contribution in [0, 0.1) is 17.6 Å². The van der Waals surface area contributed by atoms with Crippen LogP contribution in [-0.4, -0.2) is 9.55 Å². The minimum Gasteiger partial charge on any atom is -0.369 e. The quantitative estimate of drug-likeness (QED) is 0.909. The standard InChI is InChI=1S/C13H15F2N3/c1-7(4-8-2-3-8)18-11-6-9(14)5-10(15)12(11)17-13(18)16/h5-8H,2-4H2,1H3,(H2,16,17). The molecule has 1 aliphatic carbocycles. The van der Waals surface area contributed by atoms with Gasteiger partial charge in [0.15, 0.2) is 5.82 Å². The van der Waals surface area contributed by atoms with E-state index in [1.807, 2.05) is 6.92 Å². The molecule has 0 saturated heterocycles. The smallest absolute Gasteiger partial charge is 0.201 e. The Balaban J connectivity index is 2.11. The minimum absolute atomic E-state index is 0.115. The number of nitrogen functional groups attached to an aromatic ring is 1. The van der Waals surface area contributed by atoms with Crippen LogP contribution in [0.15, 0.2) is 12.1 Å². The minimum atomic E-state index is -0.658. The lowest BCUT2D eigenvalue weighted by Gasteiger charge is -2.15. The third-order valence-corrected chi connectivity index (χ3v) is 3.55. The number of hydrogen-bond donors (Lipinski definition) is 1. The highest BCUT2D eigenvalue weighted by Gasteiger charge is 2.26. The Hall–Kier alpha value is -1.65. The van der Waals surface area contributed by atoms with Crippen molar-refractivity contribution in [1.29, 1.82) is 0 Å². The zero-order chi connectivity index (χ0) is 12.9. The van der Waals surface area contributed by atoms with Gasteiger partial charge in [-0.2, -0.15) is 0 Å². The zero-order valence-electron chi connectivity index (χ0n) is 10.2. The monoisotopic (exact) mass is 251 g/mol. The first-order valence-corrected chi connectivity index (χ1v) is 6.18. The number of halogens is 2. The highest BCUT2D eigenvalue weighted by atomic mass is 19.1. The summed E-state index contributed by atoms with van der Waals surface area (Å²) in [6.45, 7) is 2.01. The molecule has 1 saturated carbocycles. The third-order valence-electron chi connectivity index (χ3n) is 3.55. The molecule has 1 fully saturated rings. The molecule has 1 unspecified atom stereocenters. The summed E-state index contributed by atoms with van der Waals surface area (Å²) in [7, 11) is 0. The molecule has 0 bridgehead atoms. The predicted octanol–water partition coefficient (Wildman–Crippen LogP) is 3.26. The van der Waals surface area contributed by atoms with Gasteiger partial charge in [0.1, 0.15) is 11.3 Å². The topological polar surface area (TPSA) is 43.8 Å². The van der Waals surface area contributed by atoms with E-state index < -0.39 is 11.6 Å². The predicted molar refractivity (Wildman–Crippen MR) is 66.1 cm³/mol. The number of rotatable bonds is 3. The van der Waals surface area contributed by atoms with E-state index in [0.717, 1.165) is 18.4 Å². The molecule has 1 heterocycles. The van der Waals surface area contributed by atoms with Gasteiger partial charge in [0.25, 0.3) is 0 Å². The molecule has 0 spiro atoms. The van der Waals surface area contributed by atoms with E-state index in [1.165, 1.54) is 18.9 Å². The van der Waals surface area contributed by atoms with Gasteiger partial charge in [-0.05, 0) is 19.3 Å². The first kappa shape index (κ1) is 11.4. The number of aromatic nitrogens is 2. The maximum atomic E-state index is 13.6. The van der Waals surface area contributed by atoms with Crippen molar-refractivity contribution < 1.29 is 8.78 Å². The van der Waals surface area contributed by atoms with E-state index in [4.69, 9.17) is 5.73 Å². The summed E-state index contributed by atoms with van der Waals surface area (Å²) < 4.78 is 28.6. The normalized spacial score (nSPS) is 17.3. The second-order valence-corrected chi connectivity index (χ2v) is 5.12. The molecule has 18 heavy (non-hydrogen) atoms. The fourth-order valence-corrected chi connectivity index (χ4v) is 2.54. The van der Waals surface area contributed by atoms with Gasteiger partial charge in [-0.25, -0.2) is 13.8 Å². The van der Waals surface area contributed by atoms with Crippen molar-refractivity contribution in [2.45, 2.75) is 32.2 Å². The van der Waals surface area contributed by atoms with Gasteiger partial charge in [-0.1, -0.05) is 12.8 Å². The fourth-order valence-electron chi connectivity index (χ4n) is 2.54. The van der Waals surface area contributed by atoms with Crippen molar-refractivity contribution in [1.82, 2.24) is 9.55 Å². The Morgan fingerprint density at radius 3 is 2.83 bits per heavy atom. The maximum absolute atomic E-state index is 13.6. The third kappa shape index (κ3) is 1.83. The molecule has 2 N–H and O–H groups in total. The summed E-state index contributed by atoms with van der Waals surface area (Å²) >= 11 is 0. The van der Waals surface area contributed by atoms with Gasteiger partial charge in [0.2, 0.25) is 5.95 Å². The second-order valence-electron chi connectivity index (χ2n) is 5.12. The molecule has 0 radical (unpaired) electrons. The van der Waals surface area contributed by atoms with E-state index >= 15 is 0 Å². The Morgan fingerprint density at radius 2 is 2.17 bits per heavy atom. The van der Waals surface area contributed by atoms with Gasteiger partial charge in [-0.15, -0.1) is 0 Å². The highest BCUT2D eigenvalue weighted by molar-refractivity contribution is 5.79. The molecule has 1 aromatic heterocycles. The van der Waals surface area contributed by atoms with Crippen LogP contribution in [0.2, 0.25) is 0 Å². The highest BCUT2D eigenvalue weighted by Crippen LogP contribution is 2.38. The average Bonchev–Trinajstić information content (AvgIpc) is 3.01. The van der Waals surface area contributed by atoms with E-state index in [9.17, 15) is 8.78 Å². The molecule has 2 aromatic rings. The Labute approximate surface area is 104 Å². The van der Waals surface area contributed by atoms with Crippen molar-refractivity contribution in [2.75, 3.05) is 5.73 Å². The van der Waals surface area contributed by atoms with E-state index in [1.54, 1.807) is 4.57 Å². The van der Waals surface area contributed by atoms with Gasteiger partial charge >= 0.3 is 0 Å². The van der Waals surface area contributed by atoms with Crippen molar-refractivity contribution in [2.24, 2.45) is 5.92 Å². The summed E-state index contributed by atoms with van der Waals surface area (Å²) in [5.74, 6) is -0.285. The number of benzene rings is 1. The lowest BCUT2D eigenvalue weighted by Crippen LogP contribution is -2.09. The Morgan fingerprint density at radius 1 is 1.44 bits per heavy atom. The lowest BCUT2D eigenvalue weighted by atomic mass is 10.1. The van der Waals surface area contributed by atoms with Gasteiger partial charge in [0.05, 0.1) is 5.52 Å². The van der Waals surface area contributed by atoms with E-state index in [-0.39, 0.29) is 17.5 Å². The van der Waals surface area contributed by atoms with Crippen LogP contribution in [-0.2, 0) is 0 Å². The van der Waals surface area contributed by atoms with E-state index in [0.29, 0.717) is 5.52 Å². The van der Waals surface area contributed by atoms with Gasteiger partial charge < -0.3 is 10.3 Å².